The minimum absolute atomic E-state index is 0.0565. The summed E-state index contributed by atoms with van der Waals surface area (Å²) in [6, 6.07) is 26.6. The molecule has 5 heteroatoms. The van der Waals surface area contributed by atoms with Crippen LogP contribution >= 0.6 is 0 Å². The molecule has 0 saturated carbocycles. The molecule has 0 aliphatic carbocycles. The highest BCUT2D eigenvalue weighted by Gasteiger charge is 2.34. The Hall–Kier alpha value is -3.49. The van der Waals surface area contributed by atoms with Gasteiger partial charge in [-0.3, -0.25) is 14.7 Å². The van der Waals surface area contributed by atoms with E-state index >= 15 is 0 Å². The zero-order valence-electron chi connectivity index (χ0n) is 16.8. The van der Waals surface area contributed by atoms with Crippen LogP contribution in [0.4, 0.5) is 0 Å². The van der Waals surface area contributed by atoms with Gasteiger partial charge in [0.15, 0.2) is 0 Å². The summed E-state index contributed by atoms with van der Waals surface area (Å²) in [4.78, 5) is 21.4. The molecule has 0 unspecified atom stereocenters. The number of rotatable bonds is 5. The molecule has 1 aromatic heterocycles. The summed E-state index contributed by atoms with van der Waals surface area (Å²) in [7, 11) is 0. The van der Waals surface area contributed by atoms with Gasteiger partial charge in [-0.25, -0.2) is 0 Å². The maximum absolute atomic E-state index is 13.1. The zero-order valence-corrected chi connectivity index (χ0v) is 16.8. The van der Waals surface area contributed by atoms with Gasteiger partial charge in [0.2, 0.25) is 0 Å². The SMILES string of the molecule is N#CC[C@H]1CN(C(c2ccccc2)c2ccccc2)CCN1C(=O)c1cccnc1. The second-order valence-electron chi connectivity index (χ2n) is 7.48. The van der Waals surface area contributed by atoms with Crippen LogP contribution in [0.3, 0.4) is 0 Å². The molecule has 5 nitrogen and oxygen atoms in total. The van der Waals surface area contributed by atoms with Crippen LogP contribution in [0.25, 0.3) is 0 Å². The lowest BCUT2D eigenvalue weighted by Crippen LogP contribution is -2.55. The molecule has 0 spiro atoms. The van der Waals surface area contributed by atoms with Crippen LogP contribution in [-0.2, 0) is 0 Å². The van der Waals surface area contributed by atoms with Crippen molar-refractivity contribution in [3.63, 3.8) is 0 Å². The molecule has 2 heterocycles. The summed E-state index contributed by atoms with van der Waals surface area (Å²) in [5.74, 6) is -0.0565. The first-order chi connectivity index (χ1) is 14.8. The monoisotopic (exact) mass is 396 g/mol. The topological polar surface area (TPSA) is 60.2 Å². The smallest absolute Gasteiger partial charge is 0.255 e. The maximum atomic E-state index is 13.1. The number of piperazine rings is 1. The van der Waals surface area contributed by atoms with E-state index in [4.69, 9.17) is 0 Å². The summed E-state index contributed by atoms with van der Waals surface area (Å²) in [5.41, 5.74) is 2.99. The number of hydrogen-bond donors (Lipinski definition) is 0. The Bertz CT molecular complexity index is 962. The third-order valence-electron chi connectivity index (χ3n) is 5.61. The van der Waals surface area contributed by atoms with E-state index < -0.39 is 0 Å². The third-order valence-corrected chi connectivity index (χ3v) is 5.61. The molecular weight excluding hydrogens is 372 g/mol. The standard InChI is InChI=1S/C25H24N4O/c26-14-13-23-19-28(16-17-29(23)25(30)22-12-7-15-27-18-22)24(20-8-3-1-4-9-20)21-10-5-2-6-11-21/h1-12,15,18,23-24H,13,16-17,19H2/t23-/m0/s1. The molecule has 1 fully saturated rings. The van der Waals surface area contributed by atoms with Crippen LogP contribution in [-0.4, -0.2) is 46.4 Å². The van der Waals surface area contributed by atoms with Gasteiger partial charge >= 0.3 is 0 Å². The Morgan fingerprint density at radius 1 is 1.00 bits per heavy atom. The van der Waals surface area contributed by atoms with Crippen molar-refractivity contribution in [2.45, 2.75) is 18.5 Å². The predicted molar refractivity (Wildman–Crippen MR) is 116 cm³/mol. The van der Waals surface area contributed by atoms with E-state index in [2.05, 4.69) is 64.5 Å². The predicted octanol–water partition coefficient (Wildman–Crippen LogP) is 3.91. The average Bonchev–Trinajstić information content (AvgIpc) is 2.81. The average molecular weight is 396 g/mol. The Labute approximate surface area is 177 Å². The molecular formula is C25H24N4O. The number of carbonyl (C=O) groups is 1. The van der Waals surface area contributed by atoms with Gasteiger partial charge in [-0.2, -0.15) is 5.26 Å². The lowest BCUT2D eigenvalue weighted by molar-refractivity contribution is 0.0397. The van der Waals surface area contributed by atoms with Crippen molar-refractivity contribution >= 4 is 5.91 Å². The van der Waals surface area contributed by atoms with Crippen LogP contribution in [0, 0.1) is 11.3 Å². The summed E-state index contributed by atoms with van der Waals surface area (Å²) in [6.45, 7) is 1.96. The number of amides is 1. The van der Waals surface area contributed by atoms with Crippen molar-refractivity contribution in [2.24, 2.45) is 0 Å². The Morgan fingerprint density at radius 3 is 2.23 bits per heavy atom. The number of aromatic nitrogens is 1. The zero-order chi connectivity index (χ0) is 20.8. The highest BCUT2D eigenvalue weighted by molar-refractivity contribution is 5.94. The van der Waals surface area contributed by atoms with E-state index in [0.29, 0.717) is 25.1 Å². The highest BCUT2D eigenvalue weighted by Crippen LogP contribution is 2.31. The molecule has 2 aromatic carbocycles. The lowest BCUT2D eigenvalue weighted by atomic mass is 9.95. The highest BCUT2D eigenvalue weighted by atomic mass is 16.2. The minimum Gasteiger partial charge on any atom is -0.332 e. The third kappa shape index (κ3) is 4.24. The fraction of sp³-hybridized carbons (Fsp3) is 0.240. The van der Waals surface area contributed by atoms with Crippen molar-refractivity contribution in [3.05, 3.63) is 102 Å². The van der Waals surface area contributed by atoms with Gasteiger partial charge in [0.05, 0.1) is 30.1 Å². The Balaban J connectivity index is 1.62. The number of pyridine rings is 1. The van der Waals surface area contributed by atoms with Gasteiger partial charge < -0.3 is 4.90 Å². The minimum atomic E-state index is -0.161. The summed E-state index contributed by atoms with van der Waals surface area (Å²) in [6.07, 6.45) is 3.56. The van der Waals surface area contributed by atoms with E-state index in [0.717, 1.165) is 6.54 Å². The van der Waals surface area contributed by atoms with Gasteiger partial charge in [0.1, 0.15) is 0 Å². The van der Waals surface area contributed by atoms with Crippen LogP contribution in [0.15, 0.2) is 85.2 Å². The Morgan fingerprint density at radius 2 is 1.67 bits per heavy atom. The Kier molecular flexibility index (Phi) is 6.17. The number of carbonyl (C=O) groups excluding carboxylic acids is 1. The molecule has 3 aromatic rings. The first-order valence-electron chi connectivity index (χ1n) is 10.2. The molecule has 1 aliphatic rings. The van der Waals surface area contributed by atoms with Gasteiger partial charge in [-0.05, 0) is 23.3 Å². The molecule has 1 atom stereocenters. The summed E-state index contributed by atoms with van der Waals surface area (Å²) >= 11 is 0. The molecule has 0 bridgehead atoms. The fourth-order valence-electron chi connectivity index (χ4n) is 4.20. The van der Waals surface area contributed by atoms with Crippen LogP contribution in [0.1, 0.15) is 33.9 Å². The quantitative estimate of drug-likeness (QED) is 0.656. The van der Waals surface area contributed by atoms with Crippen molar-refractivity contribution in [1.82, 2.24) is 14.8 Å². The van der Waals surface area contributed by atoms with Crippen LogP contribution in [0.2, 0.25) is 0 Å². The normalized spacial score (nSPS) is 16.9. The van der Waals surface area contributed by atoms with Gasteiger partial charge in [0.25, 0.3) is 5.91 Å². The number of hydrogen-bond acceptors (Lipinski definition) is 4. The van der Waals surface area contributed by atoms with E-state index in [1.807, 2.05) is 17.0 Å². The molecule has 0 radical (unpaired) electrons. The molecule has 0 N–H and O–H groups in total. The fourth-order valence-corrected chi connectivity index (χ4v) is 4.20. The van der Waals surface area contributed by atoms with Gasteiger partial charge in [-0.1, -0.05) is 60.7 Å². The van der Waals surface area contributed by atoms with E-state index in [9.17, 15) is 10.1 Å². The first kappa shape index (κ1) is 19.8. The lowest BCUT2D eigenvalue weighted by Gasteiger charge is -2.44. The van der Waals surface area contributed by atoms with E-state index in [1.165, 1.54) is 11.1 Å². The first-order valence-corrected chi connectivity index (χ1v) is 10.2. The molecule has 4 rings (SSSR count). The van der Waals surface area contributed by atoms with Crippen LogP contribution in [0.5, 0.6) is 0 Å². The van der Waals surface area contributed by atoms with Gasteiger partial charge in [0, 0.05) is 32.0 Å². The van der Waals surface area contributed by atoms with E-state index in [1.54, 1.807) is 24.5 Å². The molecule has 1 aliphatic heterocycles. The molecule has 150 valence electrons. The van der Waals surface area contributed by atoms with Crippen molar-refractivity contribution in [1.29, 1.82) is 5.26 Å². The maximum Gasteiger partial charge on any atom is 0.255 e. The second-order valence-corrected chi connectivity index (χ2v) is 7.48. The van der Waals surface area contributed by atoms with Crippen molar-refractivity contribution in [3.8, 4) is 6.07 Å². The van der Waals surface area contributed by atoms with E-state index in [-0.39, 0.29) is 18.0 Å². The number of benzene rings is 2. The number of nitrogens with zero attached hydrogens (tertiary/aromatic N) is 4. The van der Waals surface area contributed by atoms with Crippen LogP contribution < -0.4 is 0 Å². The summed E-state index contributed by atoms with van der Waals surface area (Å²) < 4.78 is 0. The molecule has 1 saturated heterocycles. The summed E-state index contributed by atoms with van der Waals surface area (Å²) in [5, 5.41) is 9.43. The molecule has 30 heavy (non-hydrogen) atoms. The van der Waals surface area contributed by atoms with Crippen molar-refractivity contribution < 1.29 is 4.79 Å². The second kappa shape index (κ2) is 9.34. The van der Waals surface area contributed by atoms with Crippen molar-refractivity contribution in [2.75, 3.05) is 19.6 Å². The molecule has 1 amide bonds. The largest absolute Gasteiger partial charge is 0.332 e. The van der Waals surface area contributed by atoms with Gasteiger partial charge in [-0.15, -0.1) is 0 Å². The number of nitriles is 1.